The number of aromatic amines is 1. The van der Waals surface area contributed by atoms with Gasteiger partial charge < -0.3 is 24.8 Å². The third kappa shape index (κ3) is 3.82. The standard InChI is InChI=1S/C25H27N5O3/c1-5-30(6-2)16-9-7-15(8-10-16)21-19(14-26)24(27)33-25-22(21)23(28-29-25)18-13-17(31-3)11-12-20(18)32-4/h7-13,21H,5-6,27H2,1-4H3,(H,28,29). The summed E-state index contributed by atoms with van der Waals surface area (Å²) < 4.78 is 16.7. The first kappa shape index (κ1) is 22.1. The SMILES string of the molecule is CCN(CC)c1ccc(C2C(C#N)=C(N)Oc3n[nH]c(-c4cc(OC)ccc4OC)c32)cc1. The van der Waals surface area contributed by atoms with Crippen LogP contribution in [0.25, 0.3) is 11.3 Å². The van der Waals surface area contributed by atoms with Crippen LogP contribution in [-0.4, -0.2) is 37.5 Å². The minimum atomic E-state index is -0.450. The van der Waals surface area contributed by atoms with Crippen molar-refractivity contribution in [3.05, 3.63) is 65.0 Å². The number of allylic oxidation sites excluding steroid dienone is 1. The number of nitriles is 1. The third-order valence-electron chi connectivity index (χ3n) is 5.97. The minimum absolute atomic E-state index is 0.0541. The summed E-state index contributed by atoms with van der Waals surface area (Å²) in [4.78, 5) is 2.26. The maximum atomic E-state index is 9.97. The van der Waals surface area contributed by atoms with Crippen molar-refractivity contribution in [1.29, 1.82) is 5.26 Å². The molecular formula is C25H27N5O3. The van der Waals surface area contributed by atoms with Gasteiger partial charge in [0.2, 0.25) is 11.8 Å². The Labute approximate surface area is 193 Å². The second kappa shape index (κ2) is 9.17. The average Bonchev–Trinajstić information content (AvgIpc) is 3.27. The zero-order valence-electron chi connectivity index (χ0n) is 19.2. The van der Waals surface area contributed by atoms with Gasteiger partial charge in [-0.3, -0.25) is 5.10 Å². The predicted octanol–water partition coefficient (Wildman–Crippen LogP) is 4.16. The van der Waals surface area contributed by atoms with Crippen LogP contribution in [0.15, 0.2) is 53.9 Å². The van der Waals surface area contributed by atoms with E-state index in [4.69, 9.17) is 19.9 Å². The molecular weight excluding hydrogens is 418 g/mol. The lowest BCUT2D eigenvalue weighted by Crippen LogP contribution is -2.22. The van der Waals surface area contributed by atoms with Crippen molar-refractivity contribution >= 4 is 5.69 Å². The number of benzene rings is 2. The molecule has 8 nitrogen and oxygen atoms in total. The lowest BCUT2D eigenvalue weighted by Gasteiger charge is -2.26. The summed E-state index contributed by atoms with van der Waals surface area (Å²) >= 11 is 0. The number of nitrogens with two attached hydrogens (primary N) is 1. The summed E-state index contributed by atoms with van der Waals surface area (Å²) in [5.41, 5.74) is 10.7. The number of hydrogen-bond acceptors (Lipinski definition) is 7. The monoisotopic (exact) mass is 445 g/mol. The van der Waals surface area contributed by atoms with E-state index in [1.54, 1.807) is 14.2 Å². The van der Waals surface area contributed by atoms with Gasteiger partial charge in [0.15, 0.2) is 0 Å². The van der Waals surface area contributed by atoms with E-state index in [-0.39, 0.29) is 5.88 Å². The van der Waals surface area contributed by atoms with Crippen molar-refractivity contribution < 1.29 is 14.2 Å². The summed E-state index contributed by atoms with van der Waals surface area (Å²) in [6.45, 7) is 6.07. The largest absolute Gasteiger partial charge is 0.497 e. The van der Waals surface area contributed by atoms with Gasteiger partial charge in [0.1, 0.15) is 23.1 Å². The Bertz CT molecular complexity index is 1220. The number of anilines is 1. The molecule has 0 spiro atoms. The molecule has 8 heteroatoms. The molecule has 0 saturated carbocycles. The molecule has 1 aliphatic heterocycles. The molecule has 1 unspecified atom stereocenters. The molecule has 2 heterocycles. The predicted molar refractivity (Wildman–Crippen MR) is 126 cm³/mol. The van der Waals surface area contributed by atoms with Crippen LogP contribution in [0, 0.1) is 11.3 Å². The smallest absolute Gasteiger partial charge is 0.244 e. The first-order valence-corrected chi connectivity index (χ1v) is 10.8. The lowest BCUT2D eigenvalue weighted by atomic mass is 9.83. The van der Waals surface area contributed by atoms with E-state index in [1.165, 1.54) is 0 Å². The highest BCUT2D eigenvalue weighted by atomic mass is 16.5. The molecule has 0 saturated heterocycles. The van der Waals surface area contributed by atoms with E-state index in [1.807, 2.05) is 30.3 Å². The number of fused-ring (bicyclic) bond motifs is 1. The van der Waals surface area contributed by atoms with Crippen LogP contribution >= 0.6 is 0 Å². The first-order valence-electron chi connectivity index (χ1n) is 10.8. The van der Waals surface area contributed by atoms with Gasteiger partial charge in [0.25, 0.3) is 0 Å². The summed E-state index contributed by atoms with van der Waals surface area (Å²) in [5.74, 6) is 1.25. The second-order valence-corrected chi connectivity index (χ2v) is 7.57. The quantitative estimate of drug-likeness (QED) is 0.562. The van der Waals surface area contributed by atoms with Crippen molar-refractivity contribution in [2.75, 3.05) is 32.2 Å². The maximum Gasteiger partial charge on any atom is 0.244 e. The van der Waals surface area contributed by atoms with Crippen LogP contribution < -0.4 is 24.8 Å². The fourth-order valence-corrected chi connectivity index (χ4v) is 4.26. The van der Waals surface area contributed by atoms with E-state index in [0.717, 1.165) is 35.5 Å². The van der Waals surface area contributed by atoms with Gasteiger partial charge in [0, 0.05) is 24.3 Å². The first-order chi connectivity index (χ1) is 16.1. The van der Waals surface area contributed by atoms with Crippen molar-refractivity contribution in [3.63, 3.8) is 0 Å². The number of nitrogens with one attached hydrogen (secondary N) is 1. The van der Waals surface area contributed by atoms with E-state index >= 15 is 0 Å². The highest BCUT2D eigenvalue weighted by Crippen LogP contribution is 2.47. The molecule has 33 heavy (non-hydrogen) atoms. The van der Waals surface area contributed by atoms with Crippen molar-refractivity contribution in [1.82, 2.24) is 10.2 Å². The molecule has 2 aromatic carbocycles. The fourth-order valence-electron chi connectivity index (χ4n) is 4.26. The number of rotatable bonds is 7. The number of H-pyrrole nitrogens is 1. The van der Waals surface area contributed by atoms with Crippen molar-refractivity contribution in [2.45, 2.75) is 19.8 Å². The van der Waals surface area contributed by atoms with E-state index in [0.29, 0.717) is 28.6 Å². The zero-order valence-corrected chi connectivity index (χ0v) is 19.2. The van der Waals surface area contributed by atoms with Crippen molar-refractivity contribution in [3.8, 4) is 34.7 Å². The number of nitrogens with zero attached hydrogens (tertiary/aromatic N) is 3. The molecule has 3 N–H and O–H groups in total. The van der Waals surface area contributed by atoms with Crippen LogP contribution in [0.2, 0.25) is 0 Å². The number of methoxy groups -OCH3 is 2. The zero-order chi connectivity index (χ0) is 23.5. The molecule has 4 rings (SSSR count). The Balaban J connectivity index is 1.89. The van der Waals surface area contributed by atoms with Gasteiger partial charge in [-0.05, 0) is 49.7 Å². The van der Waals surface area contributed by atoms with E-state index in [2.05, 4.69) is 47.1 Å². The molecule has 0 fully saturated rings. The average molecular weight is 446 g/mol. The summed E-state index contributed by atoms with van der Waals surface area (Å²) in [5, 5.41) is 17.4. The molecule has 0 aliphatic carbocycles. The van der Waals surface area contributed by atoms with E-state index in [9.17, 15) is 5.26 Å². The number of aromatic nitrogens is 2. The van der Waals surface area contributed by atoms with Crippen LogP contribution in [0.1, 0.15) is 30.9 Å². The van der Waals surface area contributed by atoms with Gasteiger partial charge in [-0.25, -0.2) is 0 Å². The lowest BCUT2D eigenvalue weighted by molar-refractivity contribution is 0.379. The van der Waals surface area contributed by atoms with Gasteiger partial charge >= 0.3 is 0 Å². The number of ether oxygens (including phenoxy) is 3. The van der Waals surface area contributed by atoms with Gasteiger partial charge in [-0.1, -0.05) is 12.1 Å². The molecule has 0 amide bonds. The van der Waals surface area contributed by atoms with Gasteiger partial charge in [-0.15, -0.1) is 5.10 Å². The Hall–Kier alpha value is -4.12. The minimum Gasteiger partial charge on any atom is -0.497 e. The molecule has 1 aliphatic rings. The second-order valence-electron chi connectivity index (χ2n) is 7.57. The molecule has 1 aromatic heterocycles. The molecule has 0 radical (unpaired) electrons. The normalized spacial score (nSPS) is 14.8. The Kier molecular flexibility index (Phi) is 6.13. The Morgan fingerprint density at radius 3 is 2.45 bits per heavy atom. The maximum absolute atomic E-state index is 9.97. The Morgan fingerprint density at radius 1 is 1.12 bits per heavy atom. The van der Waals surface area contributed by atoms with Crippen LogP contribution in [0.5, 0.6) is 17.4 Å². The van der Waals surface area contributed by atoms with Crippen LogP contribution in [-0.2, 0) is 0 Å². The summed E-state index contributed by atoms with van der Waals surface area (Å²) in [6.07, 6.45) is 0. The van der Waals surface area contributed by atoms with Crippen LogP contribution in [0.3, 0.4) is 0 Å². The summed E-state index contributed by atoms with van der Waals surface area (Å²) in [7, 11) is 3.21. The van der Waals surface area contributed by atoms with Gasteiger partial charge in [-0.2, -0.15) is 5.26 Å². The number of hydrogen-bond donors (Lipinski definition) is 2. The van der Waals surface area contributed by atoms with Crippen molar-refractivity contribution in [2.24, 2.45) is 5.73 Å². The fraction of sp³-hybridized carbons (Fsp3) is 0.280. The molecule has 170 valence electrons. The highest BCUT2D eigenvalue weighted by molar-refractivity contribution is 5.76. The summed E-state index contributed by atoms with van der Waals surface area (Å²) in [6, 6.07) is 15.9. The highest BCUT2D eigenvalue weighted by Gasteiger charge is 2.36. The molecule has 0 bridgehead atoms. The van der Waals surface area contributed by atoms with E-state index < -0.39 is 5.92 Å². The molecule has 1 atom stereocenters. The van der Waals surface area contributed by atoms with Crippen LogP contribution in [0.4, 0.5) is 5.69 Å². The molecule has 3 aromatic rings. The third-order valence-corrected chi connectivity index (χ3v) is 5.97. The topological polar surface area (TPSA) is 109 Å². The van der Waals surface area contributed by atoms with Gasteiger partial charge in [0.05, 0.1) is 31.4 Å². The Morgan fingerprint density at radius 2 is 1.85 bits per heavy atom.